The van der Waals surface area contributed by atoms with Gasteiger partial charge in [-0.3, -0.25) is 4.79 Å². The van der Waals surface area contributed by atoms with Crippen molar-refractivity contribution in [1.82, 2.24) is 10.5 Å². The van der Waals surface area contributed by atoms with Gasteiger partial charge in [0.25, 0.3) is 5.91 Å². The number of aromatic nitrogens is 1. The number of carbonyl (C=O) groups is 1. The number of nitrogens with zero attached hydrogens (tertiary/aromatic N) is 1. The Morgan fingerprint density at radius 1 is 1.04 bits per heavy atom. The third-order valence-corrected chi connectivity index (χ3v) is 4.44. The van der Waals surface area contributed by atoms with Crippen molar-refractivity contribution in [3.63, 3.8) is 0 Å². The van der Waals surface area contributed by atoms with E-state index >= 15 is 0 Å². The lowest BCUT2D eigenvalue weighted by molar-refractivity contribution is 0.0942. The summed E-state index contributed by atoms with van der Waals surface area (Å²) in [6.45, 7) is 0.330. The Bertz CT molecular complexity index is 1090. The molecule has 0 spiro atoms. The minimum absolute atomic E-state index is 0.244. The molecule has 1 N–H and O–H groups in total. The smallest absolute Gasteiger partial charge is 0.273 e. The first-order valence-corrected chi connectivity index (χ1v) is 8.61. The van der Waals surface area contributed by atoms with Crippen molar-refractivity contribution in [2.24, 2.45) is 0 Å². The van der Waals surface area contributed by atoms with Crippen LogP contribution in [-0.4, -0.2) is 18.2 Å². The van der Waals surface area contributed by atoms with Crippen LogP contribution in [0.3, 0.4) is 0 Å². The van der Waals surface area contributed by atoms with Gasteiger partial charge < -0.3 is 14.6 Å². The zero-order valence-corrected chi connectivity index (χ0v) is 14.8. The topological polar surface area (TPSA) is 64.4 Å². The summed E-state index contributed by atoms with van der Waals surface area (Å²) in [5.41, 5.74) is 2.04. The maximum atomic E-state index is 12.5. The SMILES string of the molecule is COc1ccc2ccccc2c1CNC(=O)c1cc(-c2ccccc2)on1. The molecule has 0 atom stereocenters. The normalized spacial score (nSPS) is 10.7. The Balaban J connectivity index is 1.55. The van der Waals surface area contributed by atoms with Crippen molar-refractivity contribution in [2.45, 2.75) is 6.54 Å². The van der Waals surface area contributed by atoms with Gasteiger partial charge in [0.05, 0.1) is 7.11 Å². The molecule has 0 aliphatic rings. The van der Waals surface area contributed by atoms with E-state index in [0.717, 1.165) is 27.6 Å². The highest BCUT2D eigenvalue weighted by atomic mass is 16.5. The molecule has 3 aromatic carbocycles. The van der Waals surface area contributed by atoms with Crippen LogP contribution in [0.4, 0.5) is 0 Å². The predicted octanol–water partition coefficient (Wildman–Crippen LogP) is 4.43. The van der Waals surface area contributed by atoms with Crippen LogP contribution in [-0.2, 0) is 6.54 Å². The first kappa shape index (κ1) is 16.8. The molecule has 0 radical (unpaired) electrons. The molecule has 5 nitrogen and oxygen atoms in total. The second-order valence-corrected chi connectivity index (χ2v) is 6.09. The summed E-state index contributed by atoms with van der Waals surface area (Å²) >= 11 is 0. The summed E-state index contributed by atoms with van der Waals surface area (Å²) in [7, 11) is 1.62. The number of benzene rings is 3. The Kier molecular flexibility index (Phi) is 4.58. The van der Waals surface area contributed by atoms with Gasteiger partial charge in [-0.05, 0) is 16.8 Å². The van der Waals surface area contributed by atoms with Gasteiger partial charge in [-0.15, -0.1) is 0 Å². The van der Waals surface area contributed by atoms with Crippen LogP contribution in [0, 0.1) is 0 Å². The first-order chi connectivity index (χ1) is 13.3. The second kappa shape index (κ2) is 7.33. The molecular formula is C22H18N2O3. The number of ether oxygens (including phenoxy) is 1. The molecule has 1 amide bonds. The molecule has 0 fully saturated rings. The molecule has 1 aromatic heterocycles. The minimum Gasteiger partial charge on any atom is -0.496 e. The van der Waals surface area contributed by atoms with E-state index in [9.17, 15) is 4.79 Å². The van der Waals surface area contributed by atoms with Gasteiger partial charge >= 0.3 is 0 Å². The van der Waals surface area contributed by atoms with Crippen molar-refractivity contribution >= 4 is 16.7 Å². The maximum absolute atomic E-state index is 12.5. The quantitative estimate of drug-likeness (QED) is 0.573. The molecule has 1 heterocycles. The average Bonchev–Trinajstić information content (AvgIpc) is 3.22. The van der Waals surface area contributed by atoms with Crippen LogP contribution in [0.2, 0.25) is 0 Å². The molecule has 5 heteroatoms. The Labute approximate surface area is 156 Å². The molecule has 134 valence electrons. The van der Waals surface area contributed by atoms with Crippen molar-refractivity contribution < 1.29 is 14.1 Å². The minimum atomic E-state index is -0.295. The maximum Gasteiger partial charge on any atom is 0.273 e. The fourth-order valence-electron chi connectivity index (χ4n) is 3.07. The molecule has 4 rings (SSSR count). The Hall–Kier alpha value is -3.60. The molecule has 0 saturated heterocycles. The highest BCUT2D eigenvalue weighted by Gasteiger charge is 2.15. The molecule has 27 heavy (non-hydrogen) atoms. The molecule has 0 aliphatic carbocycles. The van der Waals surface area contributed by atoms with Crippen LogP contribution in [0.1, 0.15) is 16.1 Å². The predicted molar refractivity (Wildman–Crippen MR) is 104 cm³/mol. The van der Waals surface area contributed by atoms with Crippen molar-refractivity contribution in [1.29, 1.82) is 0 Å². The van der Waals surface area contributed by atoms with E-state index in [1.807, 2.05) is 66.7 Å². The third-order valence-electron chi connectivity index (χ3n) is 4.44. The standard InChI is InChI=1S/C22H18N2O3/c1-26-20-12-11-15-7-5-6-10-17(15)18(20)14-23-22(25)19-13-21(27-24-19)16-8-3-2-4-9-16/h2-13H,14H2,1H3,(H,23,25). The van der Waals surface area contributed by atoms with E-state index in [-0.39, 0.29) is 11.6 Å². The van der Waals surface area contributed by atoms with Crippen molar-refractivity contribution in [3.8, 4) is 17.1 Å². The Morgan fingerprint density at radius 2 is 1.81 bits per heavy atom. The van der Waals surface area contributed by atoms with E-state index in [1.54, 1.807) is 13.2 Å². The second-order valence-electron chi connectivity index (χ2n) is 6.09. The summed E-state index contributed by atoms with van der Waals surface area (Å²) in [6, 6.07) is 23.1. The number of methoxy groups -OCH3 is 1. The number of rotatable bonds is 5. The summed E-state index contributed by atoms with van der Waals surface area (Å²) in [5, 5.41) is 8.93. The van der Waals surface area contributed by atoms with Gasteiger partial charge in [-0.25, -0.2) is 0 Å². The summed E-state index contributed by atoms with van der Waals surface area (Å²) < 4.78 is 10.8. The van der Waals surface area contributed by atoms with Gasteiger partial charge in [0.15, 0.2) is 11.5 Å². The van der Waals surface area contributed by atoms with Gasteiger partial charge in [-0.2, -0.15) is 0 Å². The zero-order valence-electron chi connectivity index (χ0n) is 14.8. The number of amides is 1. The number of nitrogens with one attached hydrogen (secondary N) is 1. The average molecular weight is 358 g/mol. The van der Waals surface area contributed by atoms with Crippen LogP contribution in [0.5, 0.6) is 5.75 Å². The number of carbonyl (C=O) groups excluding carboxylic acids is 1. The number of hydrogen-bond donors (Lipinski definition) is 1. The lowest BCUT2D eigenvalue weighted by Crippen LogP contribution is -2.23. The molecular weight excluding hydrogens is 340 g/mol. The monoisotopic (exact) mass is 358 g/mol. The largest absolute Gasteiger partial charge is 0.496 e. The van der Waals surface area contributed by atoms with Gasteiger partial charge in [0, 0.05) is 23.7 Å². The zero-order chi connectivity index (χ0) is 18.6. The van der Waals surface area contributed by atoms with Crippen LogP contribution in [0.15, 0.2) is 77.3 Å². The first-order valence-electron chi connectivity index (χ1n) is 8.61. The van der Waals surface area contributed by atoms with Gasteiger partial charge in [0.1, 0.15) is 5.75 Å². The van der Waals surface area contributed by atoms with E-state index in [0.29, 0.717) is 12.3 Å². The van der Waals surface area contributed by atoms with E-state index in [1.165, 1.54) is 0 Å². The number of fused-ring (bicyclic) bond motifs is 1. The van der Waals surface area contributed by atoms with E-state index < -0.39 is 0 Å². The molecule has 0 aliphatic heterocycles. The molecule has 0 bridgehead atoms. The third kappa shape index (κ3) is 3.40. The van der Waals surface area contributed by atoms with Crippen molar-refractivity contribution in [3.05, 3.63) is 84.1 Å². The van der Waals surface area contributed by atoms with Gasteiger partial charge in [0.2, 0.25) is 0 Å². The molecule has 0 unspecified atom stereocenters. The summed E-state index contributed by atoms with van der Waals surface area (Å²) in [4.78, 5) is 12.5. The fraction of sp³-hybridized carbons (Fsp3) is 0.0909. The van der Waals surface area contributed by atoms with E-state index in [4.69, 9.17) is 9.26 Å². The molecule has 4 aromatic rings. The summed E-state index contributed by atoms with van der Waals surface area (Å²) in [6.07, 6.45) is 0. The molecule has 0 saturated carbocycles. The Morgan fingerprint density at radius 3 is 2.63 bits per heavy atom. The number of hydrogen-bond acceptors (Lipinski definition) is 4. The van der Waals surface area contributed by atoms with Gasteiger partial charge in [-0.1, -0.05) is 65.8 Å². The fourth-order valence-corrected chi connectivity index (χ4v) is 3.07. The van der Waals surface area contributed by atoms with Crippen molar-refractivity contribution in [2.75, 3.05) is 7.11 Å². The van der Waals surface area contributed by atoms with Crippen LogP contribution < -0.4 is 10.1 Å². The lowest BCUT2D eigenvalue weighted by Gasteiger charge is -2.12. The highest BCUT2D eigenvalue weighted by Crippen LogP contribution is 2.28. The van der Waals surface area contributed by atoms with Crippen LogP contribution >= 0.6 is 0 Å². The summed E-state index contributed by atoms with van der Waals surface area (Å²) in [5.74, 6) is 0.999. The van der Waals surface area contributed by atoms with E-state index in [2.05, 4.69) is 10.5 Å². The lowest BCUT2D eigenvalue weighted by atomic mass is 10.0. The highest BCUT2D eigenvalue weighted by molar-refractivity contribution is 5.94. The van der Waals surface area contributed by atoms with Crippen LogP contribution in [0.25, 0.3) is 22.1 Å².